The third-order valence-corrected chi connectivity index (χ3v) is 3.39. The van der Waals surface area contributed by atoms with Gasteiger partial charge in [-0.15, -0.1) is 0 Å². The number of aryl methyl sites for hydroxylation is 1. The fourth-order valence-electron chi connectivity index (χ4n) is 2.20. The molecule has 0 amide bonds. The molecule has 0 aromatic heterocycles. The number of hydrazine groups is 1. The molecule has 2 rings (SSSR count). The Morgan fingerprint density at radius 3 is 2.56 bits per heavy atom. The highest BCUT2D eigenvalue weighted by Gasteiger charge is 2.24. The first-order chi connectivity index (χ1) is 8.83. The van der Waals surface area contributed by atoms with Crippen molar-refractivity contribution in [3.63, 3.8) is 0 Å². The van der Waals surface area contributed by atoms with Crippen LogP contribution in [0.25, 0.3) is 0 Å². The van der Waals surface area contributed by atoms with Crippen LogP contribution >= 0.6 is 0 Å². The molecule has 18 heavy (non-hydrogen) atoms. The van der Waals surface area contributed by atoms with Gasteiger partial charge in [-0.05, 0) is 24.0 Å². The van der Waals surface area contributed by atoms with Gasteiger partial charge in [0.15, 0.2) is 0 Å². The Morgan fingerprint density at radius 1 is 1.28 bits per heavy atom. The van der Waals surface area contributed by atoms with E-state index in [0.29, 0.717) is 19.8 Å². The SMILES string of the molecule is CCc1ccc(CC(NN)C2COCCO2)cc1. The summed E-state index contributed by atoms with van der Waals surface area (Å²) in [5, 5.41) is 0. The number of ether oxygens (including phenoxy) is 2. The van der Waals surface area contributed by atoms with E-state index in [0.717, 1.165) is 12.8 Å². The average Bonchev–Trinajstić information content (AvgIpc) is 2.46. The van der Waals surface area contributed by atoms with Gasteiger partial charge in [-0.3, -0.25) is 11.3 Å². The quantitative estimate of drug-likeness (QED) is 0.605. The Kier molecular flexibility index (Phi) is 5.13. The Balaban J connectivity index is 1.95. The molecular formula is C14H22N2O2. The Morgan fingerprint density at radius 2 is 2.00 bits per heavy atom. The minimum Gasteiger partial charge on any atom is -0.376 e. The number of nitrogens with one attached hydrogen (secondary N) is 1. The van der Waals surface area contributed by atoms with Gasteiger partial charge in [0, 0.05) is 0 Å². The van der Waals surface area contributed by atoms with E-state index in [2.05, 4.69) is 36.6 Å². The summed E-state index contributed by atoms with van der Waals surface area (Å²) in [6.07, 6.45) is 1.96. The Bertz CT molecular complexity index is 347. The van der Waals surface area contributed by atoms with Gasteiger partial charge in [0.1, 0.15) is 0 Å². The lowest BCUT2D eigenvalue weighted by atomic mass is 10.00. The van der Waals surface area contributed by atoms with E-state index in [9.17, 15) is 0 Å². The molecule has 4 nitrogen and oxygen atoms in total. The molecule has 1 saturated heterocycles. The van der Waals surface area contributed by atoms with Gasteiger partial charge in [0.05, 0.1) is 32.0 Å². The normalized spacial score (nSPS) is 21.8. The third kappa shape index (κ3) is 3.53. The van der Waals surface area contributed by atoms with Gasteiger partial charge in [0.2, 0.25) is 0 Å². The summed E-state index contributed by atoms with van der Waals surface area (Å²) in [5.74, 6) is 5.62. The van der Waals surface area contributed by atoms with Gasteiger partial charge in [-0.2, -0.15) is 0 Å². The maximum Gasteiger partial charge on any atom is 0.0978 e. The summed E-state index contributed by atoms with van der Waals surface area (Å²) in [6.45, 7) is 4.10. The van der Waals surface area contributed by atoms with Crippen molar-refractivity contribution < 1.29 is 9.47 Å². The second kappa shape index (κ2) is 6.85. The molecule has 2 atom stereocenters. The monoisotopic (exact) mass is 250 g/mol. The van der Waals surface area contributed by atoms with Crippen LogP contribution in [0.4, 0.5) is 0 Å². The molecule has 1 aliphatic rings. The van der Waals surface area contributed by atoms with E-state index in [-0.39, 0.29) is 12.1 Å². The highest BCUT2D eigenvalue weighted by Crippen LogP contribution is 2.12. The molecule has 1 heterocycles. The summed E-state index contributed by atoms with van der Waals surface area (Å²) in [7, 11) is 0. The summed E-state index contributed by atoms with van der Waals surface area (Å²) < 4.78 is 11.1. The van der Waals surface area contributed by atoms with Gasteiger partial charge in [-0.1, -0.05) is 31.2 Å². The molecule has 0 aliphatic carbocycles. The number of hydrogen-bond acceptors (Lipinski definition) is 4. The molecule has 3 N–H and O–H groups in total. The van der Waals surface area contributed by atoms with E-state index >= 15 is 0 Å². The van der Waals surface area contributed by atoms with Crippen molar-refractivity contribution in [1.29, 1.82) is 0 Å². The zero-order valence-corrected chi connectivity index (χ0v) is 10.9. The van der Waals surface area contributed by atoms with Crippen molar-refractivity contribution in [2.24, 2.45) is 5.84 Å². The average molecular weight is 250 g/mol. The van der Waals surface area contributed by atoms with E-state index < -0.39 is 0 Å². The molecule has 100 valence electrons. The molecule has 0 spiro atoms. The van der Waals surface area contributed by atoms with Crippen LogP contribution in [0.1, 0.15) is 18.1 Å². The van der Waals surface area contributed by atoms with Crippen LogP contribution in [0.2, 0.25) is 0 Å². The molecule has 4 heteroatoms. The number of benzene rings is 1. The summed E-state index contributed by atoms with van der Waals surface area (Å²) >= 11 is 0. The van der Waals surface area contributed by atoms with Crippen LogP contribution in [-0.2, 0) is 22.3 Å². The van der Waals surface area contributed by atoms with Crippen molar-refractivity contribution in [3.05, 3.63) is 35.4 Å². The molecule has 2 unspecified atom stereocenters. The van der Waals surface area contributed by atoms with E-state index in [1.165, 1.54) is 11.1 Å². The maximum absolute atomic E-state index is 5.68. The number of nitrogens with two attached hydrogens (primary N) is 1. The first-order valence-corrected chi connectivity index (χ1v) is 6.56. The van der Waals surface area contributed by atoms with Crippen molar-refractivity contribution in [3.8, 4) is 0 Å². The lowest BCUT2D eigenvalue weighted by Gasteiger charge is -2.30. The standard InChI is InChI=1S/C14H22N2O2/c1-2-11-3-5-12(6-4-11)9-13(16-15)14-10-17-7-8-18-14/h3-6,13-14,16H,2,7-10,15H2,1H3. The summed E-state index contributed by atoms with van der Waals surface area (Å²) in [5.41, 5.74) is 5.47. The van der Waals surface area contributed by atoms with E-state index in [1.54, 1.807) is 0 Å². The molecular weight excluding hydrogens is 228 g/mol. The van der Waals surface area contributed by atoms with Crippen LogP contribution in [0.15, 0.2) is 24.3 Å². The maximum atomic E-state index is 5.68. The summed E-state index contributed by atoms with van der Waals surface area (Å²) in [4.78, 5) is 0. The zero-order chi connectivity index (χ0) is 12.8. The van der Waals surface area contributed by atoms with E-state index in [4.69, 9.17) is 15.3 Å². The first kappa shape index (κ1) is 13.5. The second-order valence-electron chi connectivity index (χ2n) is 4.63. The Hall–Kier alpha value is -0.940. The fourth-order valence-corrected chi connectivity index (χ4v) is 2.20. The van der Waals surface area contributed by atoms with Crippen LogP contribution in [0, 0.1) is 0 Å². The van der Waals surface area contributed by atoms with Crippen molar-refractivity contribution in [2.75, 3.05) is 19.8 Å². The minimum absolute atomic E-state index is 0.0367. The van der Waals surface area contributed by atoms with Gasteiger partial charge in [-0.25, -0.2) is 0 Å². The van der Waals surface area contributed by atoms with E-state index in [1.807, 2.05) is 0 Å². The zero-order valence-electron chi connectivity index (χ0n) is 10.9. The first-order valence-electron chi connectivity index (χ1n) is 6.56. The Labute approximate surface area is 108 Å². The molecule has 1 fully saturated rings. The third-order valence-electron chi connectivity index (χ3n) is 3.39. The molecule has 0 radical (unpaired) electrons. The van der Waals surface area contributed by atoms with Crippen LogP contribution in [0.3, 0.4) is 0 Å². The van der Waals surface area contributed by atoms with Crippen LogP contribution in [0.5, 0.6) is 0 Å². The summed E-state index contributed by atoms with van der Waals surface area (Å²) in [6, 6.07) is 8.75. The minimum atomic E-state index is 0.0367. The second-order valence-corrected chi connectivity index (χ2v) is 4.63. The smallest absolute Gasteiger partial charge is 0.0978 e. The predicted octanol–water partition coefficient (Wildman–Crippen LogP) is 1.04. The lowest BCUT2D eigenvalue weighted by Crippen LogP contribution is -2.50. The van der Waals surface area contributed by atoms with Crippen molar-refractivity contribution >= 4 is 0 Å². The lowest BCUT2D eigenvalue weighted by molar-refractivity contribution is -0.101. The van der Waals surface area contributed by atoms with Crippen LogP contribution in [-0.4, -0.2) is 32.0 Å². The highest BCUT2D eigenvalue weighted by molar-refractivity contribution is 5.23. The molecule has 1 aromatic carbocycles. The van der Waals surface area contributed by atoms with Gasteiger partial charge >= 0.3 is 0 Å². The molecule has 0 saturated carbocycles. The van der Waals surface area contributed by atoms with Crippen molar-refractivity contribution in [2.45, 2.75) is 31.9 Å². The largest absolute Gasteiger partial charge is 0.376 e. The van der Waals surface area contributed by atoms with Gasteiger partial charge in [0.25, 0.3) is 0 Å². The molecule has 1 aliphatic heterocycles. The van der Waals surface area contributed by atoms with Crippen LogP contribution < -0.4 is 11.3 Å². The molecule has 0 bridgehead atoms. The topological polar surface area (TPSA) is 56.5 Å². The van der Waals surface area contributed by atoms with Gasteiger partial charge < -0.3 is 9.47 Å². The highest BCUT2D eigenvalue weighted by atomic mass is 16.6. The number of rotatable bonds is 5. The number of hydrogen-bond donors (Lipinski definition) is 2. The molecule has 1 aromatic rings. The predicted molar refractivity (Wildman–Crippen MR) is 71.2 cm³/mol. The van der Waals surface area contributed by atoms with Crippen molar-refractivity contribution in [1.82, 2.24) is 5.43 Å². The fraction of sp³-hybridized carbons (Fsp3) is 0.571.